The van der Waals surface area contributed by atoms with Crippen molar-refractivity contribution in [3.05, 3.63) is 16.2 Å². The number of ether oxygens (including phenoxy) is 2. The number of aromatic nitrogens is 2. The number of hydrogen-bond acceptors (Lipinski definition) is 8. The molecule has 0 saturated carbocycles. The number of esters is 2. The summed E-state index contributed by atoms with van der Waals surface area (Å²) in [6, 6.07) is 0. The van der Waals surface area contributed by atoms with E-state index in [0.717, 1.165) is 19.4 Å². The first-order chi connectivity index (χ1) is 12.5. The Morgan fingerprint density at radius 2 is 2.08 bits per heavy atom. The molecule has 3 rings (SSSR count). The lowest BCUT2D eigenvalue weighted by Gasteiger charge is -2.32. The maximum absolute atomic E-state index is 12.3. The predicted molar refractivity (Wildman–Crippen MR) is 100.0 cm³/mol. The molecule has 7 nitrogen and oxygen atoms in total. The smallest absolute Gasteiger partial charge is 0.339 e. The second-order valence-corrected chi connectivity index (χ2v) is 7.10. The number of thiophene rings is 1. The molecule has 0 aromatic carbocycles. The van der Waals surface area contributed by atoms with Gasteiger partial charge in [-0.3, -0.25) is 4.79 Å². The first-order valence-corrected chi connectivity index (χ1v) is 9.84. The summed E-state index contributed by atoms with van der Waals surface area (Å²) in [4.78, 5) is 35.6. The molecule has 0 aliphatic carbocycles. The topological polar surface area (TPSA) is 81.6 Å². The summed E-state index contributed by atoms with van der Waals surface area (Å²) in [7, 11) is 0. The minimum atomic E-state index is -0.412. The molecule has 2 aromatic rings. The summed E-state index contributed by atoms with van der Waals surface area (Å²) in [5, 5.41) is 2.45. The normalized spacial score (nSPS) is 17.3. The maximum Gasteiger partial charge on any atom is 0.339 e. The first-order valence-electron chi connectivity index (χ1n) is 8.58. The lowest BCUT2D eigenvalue weighted by molar-refractivity contribution is -0.148. The molecule has 3 heterocycles. The fraction of sp³-hybridized carbons (Fsp3) is 0.529. The van der Waals surface area contributed by atoms with Crippen molar-refractivity contribution >= 4 is 50.9 Å². The molecule has 1 fully saturated rings. The zero-order chi connectivity index (χ0) is 18.7. The summed E-state index contributed by atoms with van der Waals surface area (Å²) < 4.78 is 10.3. The Bertz CT molecular complexity index is 826. The van der Waals surface area contributed by atoms with Crippen molar-refractivity contribution in [2.45, 2.75) is 26.7 Å². The van der Waals surface area contributed by atoms with Gasteiger partial charge in [-0.2, -0.15) is 4.98 Å². The number of halogens is 1. The van der Waals surface area contributed by atoms with Gasteiger partial charge in [0.15, 0.2) is 0 Å². The monoisotopic (exact) mass is 397 g/mol. The zero-order valence-electron chi connectivity index (χ0n) is 14.7. The van der Waals surface area contributed by atoms with Gasteiger partial charge in [0, 0.05) is 18.5 Å². The van der Waals surface area contributed by atoms with Crippen molar-refractivity contribution < 1.29 is 19.1 Å². The highest BCUT2D eigenvalue weighted by atomic mass is 35.5. The third kappa shape index (κ3) is 3.76. The van der Waals surface area contributed by atoms with Crippen molar-refractivity contribution in [3.63, 3.8) is 0 Å². The molecule has 0 spiro atoms. The summed E-state index contributed by atoms with van der Waals surface area (Å²) in [5.41, 5.74) is 0.428. The van der Waals surface area contributed by atoms with Crippen LogP contribution in [0.3, 0.4) is 0 Å². The molecule has 1 atom stereocenters. The van der Waals surface area contributed by atoms with Crippen LogP contribution in [0, 0.1) is 5.92 Å². The molecule has 1 saturated heterocycles. The van der Waals surface area contributed by atoms with E-state index >= 15 is 0 Å². The van der Waals surface area contributed by atoms with Gasteiger partial charge in [0.05, 0.1) is 30.1 Å². The minimum Gasteiger partial charge on any atom is -0.466 e. The van der Waals surface area contributed by atoms with Gasteiger partial charge in [0.25, 0.3) is 0 Å². The second kappa shape index (κ2) is 8.18. The van der Waals surface area contributed by atoms with Gasteiger partial charge in [-0.15, -0.1) is 11.3 Å². The fourth-order valence-corrected chi connectivity index (χ4v) is 4.22. The van der Waals surface area contributed by atoms with E-state index in [1.54, 1.807) is 19.2 Å². The maximum atomic E-state index is 12.3. The Labute approximate surface area is 160 Å². The Morgan fingerprint density at radius 3 is 2.81 bits per heavy atom. The number of rotatable bonds is 5. The van der Waals surface area contributed by atoms with E-state index in [1.807, 2.05) is 4.90 Å². The van der Waals surface area contributed by atoms with Gasteiger partial charge in [0.2, 0.25) is 5.28 Å². The number of carbonyl (C=O) groups excluding carboxylic acids is 2. The molecule has 0 amide bonds. The second-order valence-electron chi connectivity index (χ2n) is 5.90. The molecule has 0 radical (unpaired) electrons. The number of nitrogens with zero attached hydrogens (tertiary/aromatic N) is 3. The molecule has 26 heavy (non-hydrogen) atoms. The molecule has 1 aliphatic heterocycles. The van der Waals surface area contributed by atoms with Crippen molar-refractivity contribution in [1.29, 1.82) is 0 Å². The highest BCUT2D eigenvalue weighted by Gasteiger charge is 2.30. The third-order valence-corrected chi connectivity index (χ3v) is 5.26. The Morgan fingerprint density at radius 1 is 1.31 bits per heavy atom. The third-order valence-electron chi connectivity index (χ3n) is 4.22. The summed E-state index contributed by atoms with van der Waals surface area (Å²) in [5.74, 6) is -0.273. The predicted octanol–water partition coefficient (Wildman–Crippen LogP) is 3.30. The van der Waals surface area contributed by atoms with Crippen LogP contribution in [0.1, 0.15) is 37.0 Å². The van der Waals surface area contributed by atoms with E-state index in [1.165, 1.54) is 11.3 Å². The molecular formula is C17H20ClN3O4S. The summed E-state index contributed by atoms with van der Waals surface area (Å²) in [6.45, 7) is 5.39. The van der Waals surface area contributed by atoms with Crippen LogP contribution in [0.15, 0.2) is 5.38 Å². The Balaban J connectivity index is 1.99. The van der Waals surface area contributed by atoms with Crippen LogP contribution >= 0.6 is 22.9 Å². The molecule has 2 aromatic heterocycles. The largest absolute Gasteiger partial charge is 0.466 e. The van der Waals surface area contributed by atoms with Gasteiger partial charge in [-0.05, 0) is 38.3 Å². The molecule has 1 unspecified atom stereocenters. The van der Waals surface area contributed by atoms with E-state index in [9.17, 15) is 9.59 Å². The van der Waals surface area contributed by atoms with Gasteiger partial charge >= 0.3 is 11.9 Å². The van der Waals surface area contributed by atoms with E-state index in [-0.39, 0.29) is 23.8 Å². The number of anilines is 1. The van der Waals surface area contributed by atoms with Gasteiger partial charge in [-0.25, -0.2) is 9.78 Å². The van der Waals surface area contributed by atoms with Crippen LogP contribution in [0.25, 0.3) is 10.2 Å². The lowest BCUT2D eigenvalue weighted by Crippen LogP contribution is -2.40. The molecular weight excluding hydrogens is 378 g/mol. The minimum absolute atomic E-state index is 0.114. The fourth-order valence-electron chi connectivity index (χ4n) is 3.11. The highest BCUT2D eigenvalue weighted by Crippen LogP contribution is 2.35. The first kappa shape index (κ1) is 18.8. The number of carbonyl (C=O) groups is 2. The number of piperidine rings is 1. The Hall–Kier alpha value is -1.93. The van der Waals surface area contributed by atoms with Crippen LogP contribution in [0.5, 0.6) is 0 Å². The van der Waals surface area contributed by atoms with E-state index < -0.39 is 5.97 Å². The van der Waals surface area contributed by atoms with Crippen LogP contribution in [0.2, 0.25) is 5.28 Å². The van der Waals surface area contributed by atoms with Crippen molar-refractivity contribution in [2.75, 3.05) is 31.2 Å². The molecule has 140 valence electrons. The molecule has 9 heteroatoms. The number of hydrogen-bond donors (Lipinski definition) is 0. The quantitative estimate of drug-likeness (QED) is 0.565. The van der Waals surface area contributed by atoms with E-state index in [2.05, 4.69) is 9.97 Å². The number of fused-ring (bicyclic) bond motifs is 1. The highest BCUT2D eigenvalue weighted by molar-refractivity contribution is 7.17. The van der Waals surface area contributed by atoms with Crippen molar-refractivity contribution in [2.24, 2.45) is 5.92 Å². The van der Waals surface area contributed by atoms with Crippen LogP contribution < -0.4 is 4.90 Å². The van der Waals surface area contributed by atoms with Crippen molar-refractivity contribution in [3.8, 4) is 0 Å². The molecule has 1 aliphatic rings. The Kier molecular flexibility index (Phi) is 5.93. The summed E-state index contributed by atoms with van der Waals surface area (Å²) >= 11 is 7.41. The standard InChI is InChI=1S/C17H20ClN3O4S/c1-3-24-15(22)10-6-5-7-21(8-10)13-12-11(16(23)25-4-2)9-26-14(12)20-17(18)19-13/h9-10H,3-8H2,1-2H3. The zero-order valence-corrected chi connectivity index (χ0v) is 16.2. The summed E-state index contributed by atoms with van der Waals surface area (Å²) in [6.07, 6.45) is 1.59. The van der Waals surface area contributed by atoms with E-state index in [0.29, 0.717) is 34.7 Å². The SMILES string of the molecule is CCOC(=O)c1csc2nc(Cl)nc(N3CCCC(C(=O)OCC)C3)c12. The van der Waals surface area contributed by atoms with Crippen LogP contribution in [-0.4, -0.2) is 48.2 Å². The average molecular weight is 398 g/mol. The van der Waals surface area contributed by atoms with E-state index in [4.69, 9.17) is 21.1 Å². The molecule has 0 N–H and O–H groups in total. The van der Waals surface area contributed by atoms with Gasteiger partial charge in [0.1, 0.15) is 10.6 Å². The lowest BCUT2D eigenvalue weighted by atomic mass is 9.98. The van der Waals surface area contributed by atoms with Crippen LogP contribution in [-0.2, 0) is 14.3 Å². The van der Waals surface area contributed by atoms with Crippen molar-refractivity contribution in [1.82, 2.24) is 9.97 Å². The molecule has 0 bridgehead atoms. The van der Waals surface area contributed by atoms with Gasteiger partial charge < -0.3 is 14.4 Å². The average Bonchev–Trinajstić information content (AvgIpc) is 3.05. The van der Waals surface area contributed by atoms with Crippen LogP contribution in [0.4, 0.5) is 5.82 Å². The van der Waals surface area contributed by atoms with Gasteiger partial charge in [-0.1, -0.05) is 0 Å².